The van der Waals surface area contributed by atoms with E-state index in [4.69, 9.17) is 0 Å². The Balaban J connectivity index is 1.62. The summed E-state index contributed by atoms with van der Waals surface area (Å²) in [6.07, 6.45) is 1.84. The minimum atomic E-state index is -2.87. The number of urea groups is 1. The van der Waals surface area contributed by atoms with Gasteiger partial charge in [-0.2, -0.15) is 8.78 Å². The number of halogens is 2. The highest BCUT2D eigenvalue weighted by molar-refractivity contribution is 5.93. The van der Waals surface area contributed by atoms with Crippen LogP contribution in [-0.2, 0) is 17.9 Å². The highest BCUT2D eigenvalue weighted by atomic mass is 19.3. The highest BCUT2D eigenvalue weighted by Gasteiger charge is 2.12. The molecule has 0 fully saturated rings. The van der Waals surface area contributed by atoms with Crippen LogP contribution in [0, 0.1) is 0 Å². The SMILES string of the molecule is CN(C)C(=O)Cn1ccc2cc(NC(=O)N(C)Cc3ccc(OC(F)F)cc3)ccc21. The van der Waals surface area contributed by atoms with Crippen LogP contribution >= 0.6 is 0 Å². The number of alkyl halides is 2. The maximum Gasteiger partial charge on any atom is 0.387 e. The number of amides is 3. The van der Waals surface area contributed by atoms with E-state index in [-0.39, 0.29) is 24.2 Å². The van der Waals surface area contributed by atoms with Crippen LogP contribution in [0.15, 0.2) is 54.7 Å². The molecule has 0 aliphatic carbocycles. The average molecular weight is 430 g/mol. The molecule has 9 heteroatoms. The maximum absolute atomic E-state index is 12.5. The van der Waals surface area contributed by atoms with Crippen LogP contribution < -0.4 is 10.1 Å². The number of benzene rings is 2. The molecule has 0 radical (unpaired) electrons. The van der Waals surface area contributed by atoms with Crippen LogP contribution in [0.5, 0.6) is 5.75 Å². The number of ether oxygens (including phenoxy) is 1. The summed E-state index contributed by atoms with van der Waals surface area (Å²) < 4.78 is 30.6. The number of carbonyl (C=O) groups excluding carboxylic acids is 2. The first-order valence-electron chi connectivity index (χ1n) is 9.58. The van der Waals surface area contributed by atoms with Crippen LogP contribution in [0.25, 0.3) is 10.9 Å². The van der Waals surface area contributed by atoms with Gasteiger partial charge in [0.1, 0.15) is 12.3 Å². The van der Waals surface area contributed by atoms with E-state index in [0.717, 1.165) is 16.5 Å². The smallest absolute Gasteiger partial charge is 0.387 e. The van der Waals surface area contributed by atoms with Crippen molar-refractivity contribution >= 4 is 28.5 Å². The molecule has 1 N–H and O–H groups in total. The molecular formula is C22H24F2N4O3. The Morgan fingerprint density at radius 1 is 1.06 bits per heavy atom. The molecule has 1 aromatic heterocycles. The Morgan fingerprint density at radius 2 is 1.77 bits per heavy atom. The number of rotatable bonds is 7. The largest absolute Gasteiger partial charge is 0.435 e. The second kappa shape index (κ2) is 9.46. The summed E-state index contributed by atoms with van der Waals surface area (Å²) in [7, 11) is 5.06. The zero-order valence-corrected chi connectivity index (χ0v) is 17.5. The Kier molecular flexibility index (Phi) is 6.74. The fourth-order valence-electron chi connectivity index (χ4n) is 3.04. The summed E-state index contributed by atoms with van der Waals surface area (Å²) in [4.78, 5) is 27.5. The number of likely N-dealkylation sites (N-methyl/N-ethyl adjacent to an activating group) is 1. The van der Waals surface area contributed by atoms with Crippen molar-refractivity contribution in [3.8, 4) is 5.75 Å². The minimum Gasteiger partial charge on any atom is -0.435 e. The molecule has 7 nitrogen and oxygen atoms in total. The monoisotopic (exact) mass is 430 g/mol. The molecule has 2 aromatic carbocycles. The third-order valence-electron chi connectivity index (χ3n) is 4.74. The van der Waals surface area contributed by atoms with E-state index in [2.05, 4.69) is 10.1 Å². The molecule has 3 rings (SSSR count). The lowest BCUT2D eigenvalue weighted by atomic mass is 10.2. The summed E-state index contributed by atoms with van der Waals surface area (Å²) in [6, 6.07) is 13.2. The fourth-order valence-corrected chi connectivity index (χ4v) is 3.04. The molecule has 0 saturated carbocycles. The third-order valence-corrected chi connectivity index (χ3v) is 4.74. The zero-order chi connectivity index (χ0) is 22.5. The molecular weight excluding hydrogens is 406 g/mol. The van der Waals surface area contributed by atoms with Crippen molar-refractivity contribution in [3.05, 3.63) is 60.3 Å². The number of hydrogen-bond donors (Lipinski definition) is 1. The second-order valence-corrected chi connectivity index (χ2v) is 7.31. The third kappa shape index (κ3) is 5.71. The molecule has 0 unspecified atom stereocenters. The van der Waals surface area contributed by atoms with Crippen molar-refractivity contribution in [1.82, 2.24) is 14.4 Å². The summed E-state index contributed by atoms with van der Waals surface area (Å²) in [5.41, 5.74) is 2.30. The zero-order valence-electron chi connectivity index (χ0n) is 17.5. The molecule has 31 heavy (non-hydrogen) atoms. The van der Waals surface area contributed by atoms with E-state index < -0.39 is 6.61 Å². The second-order valence-electron chi connectivity index (χ2n) is 7.31. The number of aromatic nitrogens is 1. The number of fused-ring (bicyclic) bond motifs is 1. The number of anilines is 1. The standard InChI is InChI=1S/C22H24F2N4O3/c1-26(2)20(29)14-28-11-10-16-12-17(6-9-19(16)28)25-22(30)27(3)13-15-4-7-18(8-5-15)31-21(23)24/h4-12,21H,13-14H2,1-3H3,(H,25,30). The van der Waals surface area contributed by atoms with E-state index in [0.29, 0.717) is 12.2 Å². The molecule has 1 heterocycles. The fraction of sp³-hybridized carbons (Fsp3) is 0.273. The van der Waals surface area contributed by atoms with Crippen LogP contribution in [0.2, 0.25) is 0 Å². The highest BCUT2D eigenvalue weighted by Crippen LogP contribution is 2.21. The molecule has 0 atom stereocenters. The molecule has 3 amide bonds. The Hall–Kier alpha value is -3.62. The molecule has 0 spiro atoms. The van der Waals surface area contributed by atoms with Gasteiger partial charge in [-0.05, 0) is 42.0 Å². The minimum absolute atomic E-state index is 0.00898. The van der Waals surface area contributed by atoms with E-state index in [1.807, 2.05) is 29.0 Å². The van der Waals surface area contributed by atoms with Gasteiger partial charge in [0.2, 0.25) is 5.91 Å². The predicted molar refractivity (Wildman–Crippen MR) is 114 cm³/mol. The maximum atomic E-state index is 12.5. The summed E-state index contributed by atoms with van der Waals surface area (Å²) in [5, 5.41) is 3.74. The van der Waals surface area contributed by atoms with Gasteiger partial charge < -0.3 is 24.4 Å². The topological polar surface area (TPSA) is 66.8 Å². The van der Waals surface area contributed by atoms with Crippen molar-refractivity contribution in [2.75, 3.05) is 26.5 Å². The number of hydrogen-bond acceptors (Lipinski definition) is 3. The lowest BCUT2D eigenvalue weighted by molar-refractivity contribution is -0.129. The van der Waals surface area contributed by atoms with E-state index in [1.54, 1.807) is 39.3 Å². The quantitative estimate of drug-likeness (QED) is 0.616. The first-order chi connectivity index (χ1) is 14.7. The summed E-state index contributed by atoms with van der Waals surface area (Å²) in [6.45, 7) is -2.33. The Labute approximate surface area is 178 Å². The van der Waals surface area contributed by atoms with Crippen molar-refractivity contribution in [2.24, 2.45) is 0 Å². The van der Waals surface area contributed by atoms with E-state index in [9.17, 15) is 18.4 Å². The van der Waals surface area contributed by atoms with Crippen molar-refractivity contribution in [2.45, 2.75) is 19.7 Å². The van der Waals surface area contributed by atoms with Crippen LogP contribution in [-0.4, -0.2) is 54.1 Å². The van der Waals surface area contributed by atoms with Gasteiger partial charge in [0, 0.05) is 50.5 Å². The molecule has 0 bridgehead atoms. The normalized spacial score (nSPS) is 10.9. The van der Waals surface area contributed by atoms with Gasteiger partial charge in [-0.25, -0.2) is 4.79 Å². The number of nitrogens with zero attached hydrogens (tertiary/aromatic N) is 3. The number of carbonyl (C=O) groups is 2. The molecule has 0 aliphatic heterocycles. The van der Waals surface area contributed by atoms with Gasteiger partial charge in [0.25, 0.3) is 0 Å². The molecule has 0 saturated heterocycles. The van der Waals surface area contributed by atoms with Crippen LogP contribution in [0.3, 0.4) is 0 Å². The van der Waals surface area contributed by atoms with Gasteiger partial charge in [0.15, 0.2) is 0 Å². The predicted octanol–water partition coefficient (Wildman–Crippen LogP) is 3.99. The summed E-state index contributed by atoms with van der Waals surface area (Å²) in [5.74, 6) is 0.0590. The van der Waals surface area contributed by atoms with Crippen LogP contribution in [0.4, 0.5) is 19.3 Å². The van der Waals surface area contributed by atoms with Crippen molar-refractivity contribution in [3.63, 3.8) is 0 Å². The van der Waals surface area contributed by atoms with Gasteiger partial charge >= 0.3 is 12.6 Å². The average Bonchev–Trinajstić information content (AvgIpc) is 3.10. The summed E-state index contributed by atoms with van der Waals surface area (Å²) >= 11 is 0. The van der Waals surface area contributed by atoms with Crippen molar-refractivity contribution in [1.29, 1.82) is 0 Å². The molecule has 3 aromatic rings. The van der Waals surface area contributed by atoms with Crippen LogP contribution in [0.1, 0.15) is 5.56 Å². The van der Waals surface area contributed by atoms with Crippen molar-refractivity contribution < 1.29 is 23.1 Å². The van der Waals surface area contributed by atoms with E-state index in [1.165, 1.54) is 21.9 Å². The van der Waals surface area contributed by atoms with Gasteiger partial charge in [-0.3, -0.25) is 4.79 Å². The van der Waals surface area contributed by atoms with Gasteiger partial charge in [-0.15, -0.1) is 0 Å². The first kappa shape index (κ1) is 22.1. The molecule has 164 valence electrons. The lowest BCUT2D eigenvalue weighted by Crippen LogP contribution is -2.30. The van der Waals surface area contributed by atoms with Gasteiger partial charge in [0.05, 0.1) is 0 Å². The number of nitrogens with one attached hydrogen (secondary N) is 1. The van der Waals surface area contributed by atoms with Gasteiger partial charge in [-0.1, -0.05) is 12.1 Å². The van der Waals surface area contributed by atoms with E-state index >= 15 is 0 Å². The Bertz CT molecular complexity index is 1060. The molecule has 0 aliphatic rings. The lowest BCUT2D eigenvalue weighted by Gasteiger charge is -2.18. The first-order valence-corrected chi connectivity index (χ1v) is 9.58. The Morgan fingerprint density at radius 3 is 2.42 bits per heavy atom.